The van der Waals surface area contributed by atoms with Crippen molar-refractivity contribution in [1.29, 1.82) is 0 Å². The van der Waals surface area contributed by atoms with Gasteiger partial charge < -0.3 is 22.1 Å². The van der Waals surface area contributed by atoms with Crippen LogP contribution in [0.4, 0.5) is 10.5 Å². The molecule has 0 aromatic heterocycles. The first-order valence-electron chi connectivity index (χ1n) is 6.53. The lowest BCUT2D eigenvalue weighted by atomic mass is 10.0. The number of amides is 3. The Kier molecular flexibility index (Phi) is 7.76. The summed E-state index contributed by atoms with van der Waals surface area (Å²) in [6, 6.07) is 5.80. The van der Waals surface area contributed by atoms with Crippen molar-refractivity contribution in [2.24, 2.45) is 17.4 Å². The highest BCUT2D eigenvalue weighted by Crippen LogP contribution is 2.16. The van der Waals surface area contributed by atoms with Crippen LogP contribution in [0.25, 0.3) is 0 Å². The van der Waals surface area contributed by atoms with E-state index < -0.39 is 12.1 Å². The van der Waals surface area contributed by atoms with Crippen LogP contribution in [0.2, 0.25) is 0 Å². The van der Waals surface area contributed by atoms with Gasteiger partial charge in [-0.3, -0.25) is 4.79 Å². The number of anilines is 1. The maximum atomic E-state index is 11.9. The fourth-order valence-electron chi connectivity index (χ4n) is 1.69. The molecule has 0 aliphatic rings. The molecule has 1 aromatic carbocycles. The van der Waals surface area contributed by atoms with E-state index in [0.29, 0.717) is 5.69 Å². The molecule has 6 nitrogen and oxygen atoms in total. The molecule has 3 amide bonds. The van der Waals surface area contributed by atoms with Crippen LogP contribution >= 0.6 is 12.4 Å². The van der Waals surface area contributed by atoms with Crippen LogP contribution in [0.1, 0.15) is 32.4 Å². The number of halogens is 1. The van der Waals surface area contributed by atoms with Crippen molar-refractivity contribution >= 4 is 30.0 Å². The summed E-state index contributed by atoms with van der Waals surface area (Å²) in [5.41, 5.74) is 12.4. The van der Waals surface area contributed by atoms with E-state index in [1.165, 1.54) is 0 Å². The molecule has 0 aliphatic carbocycles. The Balaban J connectivity index is 0.00000400. The van der Waals surface area contributed by atoms with Crippen molar-refractivity contribution in [1.82, 2.24) is 5.32 Å². The molecule has 21 heavy (non-hydrogen) atoms. The summed E-state index contributed by atoms with van der Waals surface area (Å²) in [5, 5.41) is 5.34. The zero-order valence-electron chi connectivity index (χ0n) is 12.4. The fourth-order valence-corrected chi connectivity index (χ4v) is 1.69. The first-order valence-corrected chi connectivity index (χ1v) is 6.53. The number of urea groups is 1. The third-order valence-corrected chi connectivity index (χ3v) is 3.06. The quantitative estimate of drug-likeness (QED) is 0.664. The van der Waals surface area contributed by atoms with Gasteiger partial charge >= 0.3 is 6.03 Å². The summed E-state index contributed by atoms with van der Waals surface area (Å²) in [7, 11) is 0. The monoisotopic (exact) mass is 314 g/mol. The number of nitrogens with two attached hydrogens (primary N) is 2. The summed E-state index contributed by atoms with van der Waals surface area (Å²) in [4.78, 5) is 22.6. The van der Waals surface area contributed by atoms with E-state index in [0.717, 1.165) is 5.56 Å². The fraction of sp³-hybridized carbons (Fsp3) is 0.429. The molecule has 0 radical (unpaired) electrons. The predicted molar refractivity (Wildman–Crippen MR) is 86.3 cm³/mol. The van der Waals surface area contributed by atoms with Crippen LogP contribution in [0.15, 0.2) is 24.3 Å². The van der Waals surface area contributed by atoms with Gasteiger partial charge in [-0.2, -0.15) is 0 Å². The first kappa shape index (κ1) is 19.2. The minimum atomic E-state index is -0.609. The van der Waals surface area contributed by atoms with Crippen molar-refractivity contribution in [2.45, 2.75) is 32.9 Å². The van der Waals surface area contributed by atoms with E-state index in [1.807, 2.05) is 32.9 Å². The van der Waals surface area contributed by atoms with Crippen molar-refractivity contribution in [3.8, 4) is 0 Å². The lowest BCUT2D eigenvalue weighted by Gasteiger charge is -2.20. The minimum absolute atomic E-state index is 0. The zero-order valence-corrected chi connectivity index (χ0v) is 13.2. The summed E-state index contributed by atoms with van der Waals surface area (Å²) >= 11 is 0. The summed E-state index contributed by atoms with van der Waals surface area (Å²) in [5.74, 6) is -0.0869. The van der Waals surface area contributed by atoms with E-state index in [9.17, 15) is 9.59 Å². The van der Waals surface area contributed by atoms with Crippen molar-refractivity contribution < 1.29 is 9.59 Å². The summed E-state index contributed by atoms with van der Waals surface area (Å²) < 4.78 is 0. The summed E-state index contributed by atoms with van der Waals surface area (Å²) in [6.45, 7) is 5.68. The molecule has 0 heterocycles. The molecule has 0 saturated carbocycles. The minimum Gasteiger partial charge on any atom is -0.351 e. The largest absolute Gasteiger partial charge is 0.351 e. The predicted octanol–water partition coefficient (Wildman–Crippen LogP) is 1.76. The zero-order chi connectivity index (χ0) is 15.3. The summed E-state index contributed by atoms with van der Waals surface area (Å²) in [6.07, 6.45) is 0. The van der Waals surface area contributed by atoms with Gasteiger partial charge in [0, 0.05) is 5.69 Å². The Morgan fingerprint density at radius 1 is 1.10 bits per heavy atom. The number of primary amides is 1. The van der Waals surface area contributed by atoms with Crippen LogP contribution in [-0.4, -0.2) is 18.0 Å². The Morgan fingerprint density at radius 2 is 1.62 bits per heavy atom. The topological polar surface area (TPSA) is 110 Å². The first-order chi connectivity index (χ1) is 9.31. The van der Waals surface area contributed by atoms with Gasteiger partial charge in [0.1, 0.15) is 0 Å². The number of rotatable bonds is 5. The number of hydrogen-bond donors (Lipinski definition) is 4. The maximum Gasteiger partial charge on any atom is 0.316 e. The second-order valence-corrected chi connectivity index (χ2v) is 5.11. The molecule has 118 valence electrons. The number of hydrogen-bond acceptors (Lipinski definition) is 3. The van der Waals surface area contributed by atoms with E-state index in [4.69, 9.17) is 11.5 Å². The lowest BCUT2D eigenvalue weighted by molar-refractivity contribution is -0.123. The normalized spacial score (nSPS) is 13.0. The van der Waals surface area contributed by atoms with E-state index >= 15 is 0 Å². The van der Waals surface area contributed by atoms with Crippen molar-refractivity contribution in [3.05, 3.63) is 29.8 Å². The van der Waals surface area contributed by atoms with Crippen LogP contribution < -0.4 is 22.1 Å². The molecular weight excluding hydrogens is 292 g/mol. The van der Waals surface area contributed by atoms with Gasteiger partial charge in [0.25, 0.3) is 0 Å². The highest BCUT2D eigenvalue weighted by molar-refractivity contribution is 5.87. The third kappa shape index (κ3) is 6.01. The van der Waals surface area contributed by atoms with Gasteiger partial charge in [-0.1, -0.05) is 26.0 Å². The molecule has 0 bridgehead atoms. The standard InChI is InChI=1S/C14H22N4O2.ClH/c1-8(2)12(15)13(19)17-9(3)10-4-6-11(7-5-10)18-14(16)20;/h4-9,12H,15H2,1-3H3,(H,17,19)(H3,16,18,20);1H/t9?,12-;/m1./s1. The Hall–Kier alpha value is -1.79. The number of carbonyl (C=O) groups excluding carboxylic acids is 2. The average molecular weight is 315 g/mol. The number of benzene rings is 1. The van der Waals surface area contributed by atoms with E-state index in [1.54, 1.807) is 12.1 Å². The van der Waals surface area contributed by atoms with Gasteiger partial charge in [-0.05, 0) is 30.5 Å². The Morgan fingerprint density at radius 3 is 2.05 bits per heavy atom. The van der Waals surface area contributed by atoms with Crippen LogP contribution in [0, 0.1) is 5.92 Å². The highest BCUT2D eigenvalue weighted by atomic mass is 35.5. The van der Waals surface area contributed by atoms with Crippen LogP contribution in [0.5, 0.6) is 0 Å². The molecule has 0 aliphatic heterocycles. The highest BCUT2D eigenvalue weighted by Gasteiger charge is 2.19. The lowest BCUT2D eigenvalue weighted by Crippen LogP contribution is -2.44. The SMILES string of the molecule is CC(NC(=O)[C@H](N)C(C)C)c1ccc(NC(N)=O)cc1.Cl. The molecule has 2 atom stereocenters. The molecule has 7 heteroatoms. The van der Waals surface area contributed by atoms with Crippen molar-refractivity contribution in [2.75, 3.05) is 5.32 Å². The molecule has 1 unspecified atom stereocenters. The van der Waals surface area contributed by atoms with Gasteiger partial charge in [0.15, 0.2) is 0 Å². The van der Waals surface area contributed by atoms with E-state index in [-0.39, 0.29) is 30.3 Å². The van der Waals surface area contributed by atoms with Crippen molar-refractivity contribution in [3.63, 3.8) is 0 Å². The second-order valence-electron chi connectivity index (χ2n) is 5.11. The van der Waals surface area contributed by atoms with Gasteiger partial charge in [0.05, 0.1) is 12.1 Å². The van der Waals surface area contributed by atoms with Crippen LogP contribution in [0.3, 0.4) is 0 Å². The Labute approximate surface area is 131 Å². The molecular formula is C14H23ClN4O2. The smallest absolute Gasteiger partial charge is 0.316 e. The third-order valence-electron chi connectivity index (χ3n) is 3.06. The molecule has 0 spiro atoms. The van der Waals surface area contributed by atoms with E-state index in [2.05, 4.69) is 10.6 Å². The maximum absolute atomic E-state index is 11.9. The molecule has 1 aromatic rings. The number of nitrogens with one attached hydrogen (secondary N) is 2. The molecule has 0 fully saturated rings. The van der Waals surface area contributed by atoms with Gasteiger partial charge in [-0.15, -0.1) is 12.4 Å². The molecule has 6 N–H and O–H groups in total. The average Bonchev–Trinajstić information content (AvgIpc) is 2.37. The molecule has 1 rings (SSSR count). The van der Waals surface area contributed by atoms with Gasteiger partial charge in [-0.25, -0.2) is 4.79 Å². The Bertz CT molecular complexity index is 476. The second kappa shape index (κ2) is 8.49. The van der Waals surface area contributed by atoms with Crippen LogP contribution in [-0.2, 0) is 4.79 Å². The molecule has 0 saturated heterocycles. The van der Waals surface area contributed by atoms with Gasteiger partial charge in [0.2, 0.25) is 5.91 Å². The number of carbonyl (C=O) groups is 2.